The van der Waals surface area contributed by atoms with E-state index < -0.39 is 11.9 Å². The monoisotopic (exact) mass is 738 g/mol. The van der Waals surface area contributed by atoms with Gasteiger partial charge in [0.1, 0.15) is 9.86 Å². The molecule has 0 bridgehead atoms. The Kier molecular flexibility index (Phi) is 9.09. The molecule has 3 N–H and O–H groups in total. The van der Waals surface area contributed by atoms with E-state index in [2.05, 4.69) is 54.7 Å². The largest absolute Gasteiger partial charge is 0.480 e. The smallest absolute Gasteiger partial charge is 0.274 e. The van der Waals surface area contributed by atoms with Crippen molar-refractivity contribution in [1.82, 2.24) is 24.8 Å². The zero-order valence-electron chi connectivity index (χ0n) is 24.8. The second kappa shape index (κ2) is 13.5. The predicted octanol–water partition coefficient (Wildman–Crippen LogP) is 6.54. The van der Waals surface area contributed by atoms with Gasteiger partial charge in [-0.25, -0.2) is 9.97 Å². The number of anilines is 1. The number of nitrogens with two attached hydrogens (primary N) is 1. The summed E-state index contributed by atoms with van der Waals surface area (Å²) in [6.45, 7) is 3.76. The summed E-state index contributed by atoms with van der Waals surface area (Å²) in [4.78, 5) is 41.6. The van der Waals surface area contributed by atoms with Gasteiger partial charge < -0.3 is 15.8 Å². The molecule has 0 spiro atoms. The van der Waals surface area contributed by atoms with E-state index >= 15 is 0 Å². The summed E-state index contributed by atoms with van der Waals surface area (Å²) in [7, 11) is 0. The van der Waals surface area contributed by atoms with Gasteiger partial charge in [-0.3, -0.25) is 19.1 Å². The number of ether oxygens (including phenoxy) is 1. The molecule has 0 aliphatic carbocycles. The number of rotatable bonds is 7. The summed E-state index contributed by atoms with van der Waals surface area (Å²) in [6, 6.07) is 23.5. The van der Waals surface area contributed by atoms with Crippen molar-refractivity contribution in [2.75, 3.05) is 5.73 Å². The zero-order chi connectivity index (χ0) is 32.2. The summed E-state index contributed by atoms with van der Waals surface area (Å²) >= 11 is 3.62. The van der Waals surface area contributed by atoms with Crippen LogP contribution in [0.25, 0.3) is 27.7 Å². The van der Waals surface area contributed by atoms with Gasteiger partial charge in [0.25, 0.3) is 11.5 Å². The SMILES string of the molecule is CC(I)Oc1ccc(-c2cnc(N)c(C(=O)N[C@@H](C)c3cc4cccc(C#Cc5cncs5)c4c(=O)n3-c3ccccc3)n2)cc1. The Hall–Kier alpha value is -5.06. The van der Waals surface area contributed by atoms with Gasteiger partial charge in [0.05, 0.1) is 39.9 Å². The molecule has 1 unspecified atom stereocenters. The minimum atomic E-state index is -0.617. The lowest BCUT2D eigenvalue weighted by Crippen LogP contribution is -2.33. The minimum absolute atomic E-state index is 0.00439. The number of benzene rings is 3. The number of nitrogen functional groups attached to an aromatic ring is 1. The molecule has 3 heterocycles. The molecule has 0 aliphatic heterocycles. The first kappa shape index (κ1) is 30.9. The molecule has 0 saturated heterocycles. The molecule has 3 aromatic heterocycles. The standard InChI is InChI=1S/C35H27IN6O3S/c1-21(40-34(43)32-33(37)39-19-29(41-32)23-11-14-27(15-12-23)45-22(2)36)30-17-25-8-6-7-24(13-16-28-18-38-20-46-28)31(25)35(44)42(30)26-9-4-3-5-10-26/h3-12,14-15,17-22H,1-2H3,(H2,37,39)(H,40,43)/t21-,22?/m0/s1. The first-order valence-corrected chi connectivity index (χ1v) is 16.4. The fourth-order valence-corrected chi connectivity index (χ4v) is 5.75. The minimum Gasteiger partial charge on any atom is -0.480 e. The normalized spacial score (nSPS) is 12.2. The van der Waals surface area contributed by atoms with Crippen molar-refractivity contribution in [3.63, 3.8) is 0 Å². The highest BCUT2D eigenvalue weighted by Crippen LogP contribution is 2.26. The first-order chi connectivity index (χ1) is 22.3. The van der Waals surface area contributed by atoms with Crippen LogP contribution in [0.15, 0.2) is 102 Å². The van der Waals surface area contributed by atoms with Crippen LogP contribution in [0, 0.1) is 11.8 Å². The third-order valence-electron chi connectivity index (χ3n) is 7.10. The number of nitrogens with one attached hydrogen (secondary N) is 1. The number of thiazole rings is 1. The molecule has 0 aliphatic rings. The third kappa shape index (κ3) is 6.63. The highest BCUT2D eigenvalue weighted by atomic mass is 127. The molecule has 46 heavy (non-hydrogen) atoms. The molecular weight excluding hydrogens is 711 g/mol. The van der Waals surface area contributed by atoms with E-state index in [1.54, 1.807) is 16.3 Å². The number of aromatic nitrogens is 4. The first-order valence-electron chi connectivity index (χ1n) is 14.3. The number of carbonyl (C=O) groups excluding carboxylic acids is 1. The number of amides is 1. The van der Waals surface area contributed by atoms with Crippen LogP contribution in [0.2, 0.25) is 0 Å². The van der Waals surface area contributed by atoms with E-state index in [1.165, 1.54) is 17.5 Å². The third-order valence-corrected chi connectivity index (χ3v) is 8.04. The Labute approximate surface area is 282 Å². The molecule has 3 aromatic carbocycles. The number of para-hydroxylation sites is 1. The molecule has 1 amide bonds. The number of pyridine rings is 1. The van der Waals surface area contributed by atoms with Gasteiger partial charge in [-0.05, 0) is 96.3 Å². The number of halogens is 1. The predicted molar refractivity (Wildman–Crippen MR) is 190 cm³/mol. The summed E-state index contributed by atoms with van der Waals surface area (Å²) in [5, 5.41) is 4.18. The zero-order valence-corrected chi connectivity index (χ0v) is 27.7. The van der Waals surface area contributed by atoms with Crippen molar-refractivity contribution < 1.29 is 9.53 Å². The Morgan fingerprint density at radius 1 is 1.02 bits per heavy atom. The Morgan fingerprint density at radius 3 is 2.52 bits per heavy atom. The Morgan fingerprint density at radius 2 is 1.80 bits per heavy atom. The lowest BCUT2D eigenvalue weighted by atomic mass is 10.0. The average Bonchev–Trinajstić information content (AvgIpc) is 3.58. The summed E-state index contributed by atoms with van der Waals surface area (Å²) < 4.78 is 7.34. The number of hydrogen-bond donors (Lipinski definition) is 2. The highest BCUT2D eigenvalue weighted by molar-refractivity contribution is 14.1. The van der Waals surface area contributed by atoms with Gasteiger partial charge in [-0.1, -0.05) is 36.3 Å². The Balaban J connectivity index is 1.37. The van der Waals surface area contributed by atoms with Crippen LogP contribution in [0.1, 0.15) is 46.5 Å². The molecule has 0 radical (unpaired) electrons. The quantitative estimate of drug-likeness (QED) is 0.108. The van der Waals surface area contributed by atoms with Crippen LogP contribution in [0.5, 0.6) is 5.75 Å². The lowest BCUT2D eigenvalue weighted by Gasteiger charge is -2.21. The van der Waals surface area contributed by atoms with Crippen LogP contribution in [-0.4, -0.2) is 29.5 Å². The number of hydrogen-bond acceptors (Lipinski definition) is 8. The van der Waals surface area contributed by atoms with E-state index in [1.807, 2.05) is 92.7 Å². The average molecular weight is 739 g/mol. The molecule has 0 fully saturated rings. The highest BCUT2D eigenvalue weighted by Gasteiger charge is 2.22. The van der Waals surface area contributed by atoms with E-state index in [4.69, 9.17) is 10.5 Å². The number of alkyl halides is 1. The summed E-state index contributed by atoms with van der Waals surface area (Å²) in [6.07, 6.45) is 3.22. The maximum atomic E-state index is 14.3. The summed E-state index contributed by atoms with van der Waals surface area (Å²) in [5.41, 5.74) is 10.7. The maximum absolute atomic E-state index is 14.3. The lowest BCUT2D eigenvalue weighted by molar-refractivity contribution is 0.0934. The fraction of sp³-hybridized carbons (Fsp3) is 0.114. The molecular formula is C35H27IN6O3S. The van der Waals surface area contributed by atoms with Crippen molar-refractivity contribution in [3.8, 4) is 34.5 Å². The molecule has 2 atom stereocenters. The van der Waals surface area contributed by atoms with Crippen LogP contribution < -0.4 is 21.3 Å². The van der Waals surface area contributed by atoms with Crippen molar-refractivity contribution in [1.29, 1.82) is 0 Å². The van der Waals surface area contributed by atoms with E-state index in [0.717, 1.165) is 16.2 Å². The van der Waals surface area contributed by atoms with Crippen LogP contribution >= 0.6 is 33.9 Å². The maximum Gasteiger partial charge on any atom is 0.274 e. The second-order valence-electron chi connectivity index (χ2n) is 10.3. The van der Waals surface area contributed by atoms with Crippen molar-refractivity contribution in [2.24, 2.45) is 0 Å². The number of nitrogens with zero attached hydrogens (tertiary/aromatic N) is 4. The van der Waals surface area contributed by atoms with Gasteiger partial charge in [0, 0.05) is 22.5 Å². The van der Waals surface area contributed by atoms with Crippen LogP contribution in [0.4, 0.5) is 5.82 Å². The second-order valence-corrected chi connectivity index (χ2v) is 12.9. The fourth-order valence-electron chi connectivity index (χ4n) is 4.99. The van der Waals surface area contributed by atoms with Gasteiger partial charge in [-0.2, -0.15) is 0 Å². The molecule has 9 nitrogen and oxygen atoms in total. The number of carbonyl (C=O) groups is 1. The summed E-state index contributed by atoms with van der Waals surface area (Å²) in [5.74, 6) is 6.45. The van der Waals surface area contributed by atoms with Gasteiger partial charge >= 0.3 is 0 Å². The molecule has 0 saturated carbocycles. The van der Waals surface area contributed by atoms with Gasteiger partial charge in [-0.15, -0.1) is 11.3 Å². The van der Waals surface area contributed by atoms with Crippen LogP contribution in [-0.2, 0) is 0 Å². The van der Waals surface area contributed by atoms with Crippen LogP contribution in [0.3, 0.4) is 0 Å². The van der Waals surface area contributed by atoms with Crippen molar-refractivity contribution in [2.45, 2.75) is 24.0 Å². The van der Waals surface area contributed by atoms with Gasteiger partial charge in [0.2, 0.25) is 0 Å². The van der Waals surface area contributed by atoms with Crippen molar-refractivity contribution >= 4 is 56.4 Å². The van der Waals surface area contributed by atoms with E-state index in [0.29, 0.717) is 33.4 Å². The van der Waals surface area contributed by atoms with E-state index in [-0.39, 0.29) is 21.2 Å². The molecule has 11 heteroatoms. The van der Waals surface area contributed by atoms with E-state index in [9.17, 15) is 9.59 Å². The topological polar surface area (TPSA) is 125 Å². The molecule has 228 valence electrons. The van der Waals surface area contributed by atoms with Gasteiger partial charge in [0.15, 0.2) is 11.5 Å². The Bertz CT molecular complexity index is 2160. The molecule has 6 aromatic rings. The van der Waals surface area contributed by atoms with Crippen molar-refractivity contribution in [3.05, 3.63) is 129 Å². The molecule has 6 rings (SSSR count). The number of fused-ring (bicyclic) bond motifs is 1.